The number of esters is 1. The van der Waals surface area contributed by atoms with Crippen molar-refractivity contribution in [2.45, 2.75) is 193 Å². The maximum absolute atomic E-state index is 11.8. The molecule has 0 atom stereocenters. The minimum Gasteiger partial charge on any atom is -0.463 e. The Bertz CT molecular complexity index is 688. The van der Waals surface area contributed by atoms with Gasteiger partial charge in [-0.15, -0.1) is 0 Å². The van der Waals surface area contributed by atoms with Gasteiger partial charge in [-0.25, -0.2) is 4.79 Å². The molecule has 0 amide bonds. The molecule has 0 aliphatic heterocycles. The van der Waals surface area contributed by atoms with Crippen molar-refractivity contribution in [2.24, 2.45) is 0 Å². The van der Waals surface area contributed by atoms with E-state index < -0.39 is 33.8 Å². The Labute approximate surface area is 273 Å². The lowest BCUT2D eigenvalue weighted by Gasteiger charge is -2.56. The Kier molecular flexibility index (Phi) is 17.7. The summed E-state index contributed by atoms with van der Waals surface area (Å²) in [7, 11) is -10.5. The topological polar surface area (TPSA) is 54.0 Å². The van der Waals surface area contributed by atoms with E-state index in [1.54, 1.807) is 0 Å². The quantitative estimate of drug-likeness (QED) is 0.0525. The van der Waals surface area contributed by atoms with Crippen LogP contribution in [0, 0.1) is 0 Å². The van der Waals surface area contributed by atoms with Crippen LogP contribution in [-0.2, 0) is 21.9 Å². The van der Waals surface area contributed by atoms with E-state index in [0.717, 1.165) is 18.9 Å². The van der Waals surface area contributed by atoms with Crippen LogP contribution in [0.2, 0.25) is 55.9 Å². The third-order valence-electron chi connectivity index (χ3n) is 10.4. The zero-order chi connectivity index (χ0) is 34.1. The fraction of sp³-hybridized carbons (Fsp3) is 0.912. The summed E-state index contributed by atoms with van der Waals surface area (Å²) in [6, 6.07) is 0.765. The summed E-state index contributed by atoms with van der Waals surface area (Å²) in [5, 5.41) is 0. The number of unbranched alkanes of at least 4 members (excludes halogenated alkanes) is 1. The minimum absolute atomic E-state index is 0.366. The number of hydrogen-bond donors (Lipinski definition) is 0. The molecular weight excluding hydrogens is 601 g/mol. The third kappa shape index (κ3) is 9.73. The molecule has 256 valence electrons. The van der Waals surface area contributed by atoms with Crippen LogP contribution in [0.5, 0.6) is 0 Å². The van der Waals surface area contributed by atoms with Gasteiger partial charge in [0.15, 0.2) is 25.0 Å². The molecule has 0 fully saturated rings. The molecule has 0 aromatic rings. The Morgan fingerprint density at radius 3 is 0.977 bits per heavy atom. The van der Waals surface area contributed by atoms with Gasteiger partial charge in [-0.05, 0) is 62.7 Å². The predicted molar refractivity (Wildman–Crippen MR) is 197 cm³/mol. The molecule has 9 heteroatoms. The fourth-order valence-electron chi connectivity index (χ4n) is 8.76. The Balaban J connectivity index is 7.77. The lowest BCUT2D eigenvalue weighted by atomic mass is 10.4. The van der Waals surface area contributed by atoms with Crippen molar-refractivity contribution in [1.82, 2.24) is 0 Å². The summed E-state index contributed by atoms with van der Waals surface area (Å²) in [4.78, 5) is 11.8. The van der Waals surface area contributed by atoms with Gasteiger partial charge >= 0.3 is 14.8 Å². The summed E-state index contributed by atoms with van der Waals surface area (Å²) in [6.07, 6.45) is 2.83. The molecule has 43 heavy (non-hydrogen) atoms. The minimum atomic E-state index is -3.33. The normalized spacial score (nSPS) is 14.2. The molecule has 0 heterocycles. The van der Waals surface area contributed by atoms with Crippen molar-refractivity contribution >= 4 is 39.7 Å². The van der Waals surface area contributed by atoms with Gasteiger partial charge in [0.1, 0.15) is 0 Å². The van der Waals surface area contributed by atoms with Gasteiger partial charge in [0, 0.05) is 12.1 Å². The highest BCUT2D eigenvalue weighted by molar-refractivity contribution is 6.94. The van der Waals surface area contributed by atoms with Gasteiger partial charge in [0.25, 0.3) is 0 Å². The average Bonchev–Trinajstić information content (AvgIpc) is 2.86. The zero-order valence-corrected chi connectivity index (χ0v) is 35.9. The zero-order valence-electron chi connectivity index (χ0n) is 31.9. The van der Waals surface area contributed by atoms with E-state index in [0.29, 0.717) is 56.5 Å². The van der Waals surface area contributed by atoms with E-state index in [1.165, 1.54) is 6.08 Å². The van der Waals surface area contributed by atoms with Crippen molar-refractivity contribution in [3.8, 4) is 0 Å². The molecule has 0 aromatic heterocycles. The maximum atomic E-state index is 11.8. The van der Waals surface area contributed by atoms with Gasteiger partial charge in [-0.1, -0.05) is 131 Å². The number of rotatable bonds is 21. The number of ether oxygens (including phenoxy) is 1. The van der Waals surface area contributed by atoms with Crippen molar-refractivity contribution < 1.29 is 21.9 Å². The molecule has 0 unspecified atom stereocenters. The maximum Gasteiger partial charge on any atom is 0.469 e. The summed E-state index contributed by atoms with van der Waals surface area (Å²) >= 11 is 0. The first kappa shape index (κ1) is 43.0. The molecule has 0 bridgehead atoms. The van der Waals surface area contributed by atoms with Crippen molar-refractivity contribution in [2.75, 3.05) is 6.61 Å². The van der Waals surface area contributed by atoms with Crippen molar-refractivity contribution in [3.05, 3.63) is 12.7 Å². The highest BCUT2D eigenvalue weighted by atomic mass is 28.5. The number of hydrogen-bond acceptors (Lipinski definition) is 5. The van der Waals surface area contributed by atoms with E-state index in [1.807, 2.05) is 0 Å². The molecule has 0 N–H and O–H groups in total. The third-order valence-corrected chi connectivity index (χ3v) is 35.6. The molecular formula is C34H74O5Si4. The Hall–Kier alpha value is -0.0425. The van der Waals surface area contributed by atoms with Gasteiger partial charge in [0.2, 0.25) is 0 Å². The van der Waals surface area contributed by atoms with Gasteiger partial charge < -0.3 is 17.1 Å². The lowest BCUT2D eigenvalue weighted by molar-refractivity contribution is -0.137. The second kappa shape index (κ2) is 17.8. The second-order valence-electron chi connectivity index (χ2n) is 15.8. The monoisotopic (exact) mass is 674 g/mol. The van der Waals surface area contributed by atoms with E-state index in [2.05, 4.69) is 131 Å². The van der Waals surface area contributed by atoms with Gasteiger partial charge in [0.05, 0.1) is 6.61 Å². The SMILES string of the molecule is C=CC(=O)OCCCC[Si](O[Si](C(C)C)(C(C)C)C(C)C)(O[Si](C(C)C)(C(C)C)C(C)C)O[Si](C(C)C)(C(C)C)C(C)C. The first-order valence-corrected chi connectivity index (χ1v) is 25.8. The average molecular weight is 675 g/mol. The highest BCUT2D eigenvalue weighted by Gasteiger charge is 2.63. The molecule has 0 aromatic carbocycles. The Morgan fingerprint density at radius 1 is 0.512 bits per heavy atom. The summed E-state index contributed by atoms with van der Waals surface area (Å²) in [6.45, 7) is 46.6. The van der Waals surface area contributed by atoms with Gasteiger partial charge in [-0.2, -0.15) is 0 Å². The highest BCUT2D eigenvalue weighted by Crippen LogP contribution is 2.53. The number of carbonyl (C=O) groups excluding carboxylic acids is 1. The molecule has 0 spiro atoms. The van der Waals surface area contributed by atoms with Crippen LogP contribution < -0.4 is 0 Å². The van der Waals surface area contributed by atoms with Crippen LogP contribution in [0.25, 0.3) is 0 Å². The molecule has 5 nitrogen and oxygen atoms in total. The van der Waals surface area contributed by atoms with Crippen LogP contribution in [0.15, 0.2) is 12.7 Å². The Morgan fingerprint density at radius 2 is 0.767 bits per heavy atom. The molecule has 0 radical (unpaired) electrons. The molecule has 0 rings (SSSR count). The molecule has 0 saturated heterocycles. The summed E-state index contributed by atoms with van der Waals surface area (Å²) < 4.78 is 29.6. The first-order chi connectivity index (χ1) is 19.6. The van der Waals surface area contributed by atoms with Crippen LogP contribution in [0.3, 0.4) is 0 Å². The van der Waals surface area contributed by atoms with Crippen molar-refractivity contribution in [1.29, 1.82) is 0 Å². The molecule has 0 aliphatic carbocycles. The summed E-state index contributed by atoms with van der Waals surface area (Å²) in [5.74, 6) is -0.366. The molecule has 0 aliphatic rings. The van der Waals surface area contributed by atoms with Crippen LogP contribution in [0.1, 0.15) is 137 Å². The molecule has 0 saturated carbocycles. The first-order valence-electron chi connectivity index (χ1n) is 17.5. The van der Waals surface area contributed by atoms with E-state index in [4.69, 9.17) is 17.1 Å². The predicted octanol–water partition coefficient (Wildman–Crippen LogP) is 12.0. The number of carbonyl (C=O) groups is 1. The van der Waals surface area contributed by atoms with Crippen LogP contribution in [-0.4, -0.2) is 46.3 Å². The lowest BCUT2D eigenvalue weighted by Crippen LogP contribution is -2.69. The summed E-state index contributed by atoms with van der Waals surface area (Å²) in [5.41, 5.74) is 3.76. The van der Waals surface area contributed by atoms with Crippen molar-refractivity contribution in [3.63, 3.8) is 0 Å². The van der Waals surface area contributed by atoms with E-state index >= 15 is 0 Å². The second-order valence-corrected chi connectivity index (χ2v) is 35.6. The van der Waals surface area contributed by atoms with Crippen LogP contribution >= 0.6 is 0 Å². The van der Waals surface area contributed by atoms with E-state index in [-0.39, 0.29) is 5.97 Å². The van der Waals surface area contributed by atoms with E-state index in [9.17, 15) is 4.79 Å². The standard InChI is InChI=1S/C34H74O5Si4/c1-20-34(35)36-23-21-22-24-40(37-41(25(2)3,26(4)5)27(6)7,38-42(28(8)9,29(10)11)30(12)13)39-43(31(14)15,32(16)17)33(18)19/h20,25-33H,1,21-24H2,2-19H3. The van der Waals surface area contributed by atoms with Crippen LogP contribution in [0.4, 0.5) is 0 Å². The van der Waals surface area contributed by atoms with Gasteiger partial charge in [-0.3, -0.25) is 0 Å². The largest absolute Gasteiger partial charge is 0.469 e. The fourth-order valence-corrected chi connectivity index (χ4v) is 39.2. The smallest absolute Gasteiger partial charge is 0.463 e.